The van der Waals surface area contributed by atoms with Crippen molar-refractivity contribution in [2.45, 2.75) is 38.3 Å². The van der Waals surface area contributed by atoms with E-state index in [0.717, 1.165) is 25.9 Å². The second kappa shape index (κ2) is 5.46. The van der Waals surface area contributed by atoms with Gasteiger partial charge < -0.3 is 5.11 Å². The van der Waals surface area contributed by atoms with Crippen LogP contribution in [-0.2, 0) is 0 Å². The fraction of sp³-hybridized carbons (Fsp3) is 0.571. The lowest BCUT2D eigenvalue weighted by Gasteiger charge is -2.39. The van der Waals surface area contributed by atoms with Crippen LogP contribution in [0.4, 0.5) is 8.78 Å². The monoisotopic (exact) mass is 333 g/mol. The van der Waals surface area contributed by atoms with Crippen LogP contribution in [0.25, 0.3) is 0 Å². The third kappa shape index (κ3) is 2.69. The van der Waals surface area contributed by atoms with Gasteiger partial charge in [0.15, 0.2) is 0 Å². The average Bonchev–Trinajstić information content (AvgIpc) is 2.88. The second-order valence-corrected chi connectivity index (χ2v) is 6.36. The molecule has 0 bridgehead atoms. The fourth-order valence-corrected chi connectivity index (χ4v) is 2.96. The Balaban J connectivity index is 2.38. The molecule has 0 spiro atoms. The Morgan fingerprint density at radius 2 is 1.84 bits per heavy atom. The van der Waals surface area contributed by atoms with Crippen molar-refractivity contribution < 1.29 is 13.9 Å². The summed E-state index contributed by atoms with van der Waals surface area (Å²) in [5.74, 6) is -1.43. The number of nitrogens with zero attached hydrogens (tertiary/aromatic N) is 1. The molecule has 0 saturated carbocycles. The summed E-state index contributed by atoms with van der Waals surface area (Å²) in [5, 5.41) is 10.5. The van der Waals surface area contributed by atoms with Crippen molar-refractivity contribution in [1.82, 2.24) is 4.90 Å². The predicted octanol–water partition coefficient (Wildman–Crippen LogP) is 3.64. The quantitative estimate of drug-likeness (QED) is 0.854. The lowest BCUT2D eigenvalue weighted by molar-refractivity contribution is -0.00285. The second-order valence-electron chi connectivity index (χ2n) is 5.51. The minimum absolute atomic E-state index is 0.167. The Morgan fingerprint density at radius 1 is 1.26 bits per heavy atom. The Kier molecular flexibility index (Phi) is 4.28. The Labute approximate surface area is 120 Å². The summed E-state index contributed by atoms with van der Waals surface area (Å²) in [6.45, 7) is 5.34. The molecule has 1 N–H and O–H groups in total. The van der Waals surface area contributed by atoms with Crippen molar-refractivity contribution in [2.24, 2.45) is 0 Å². The summed E-state index contributed by atoms with van der Waals surface area (Å²) < 4.78 is 28.1. The van der Waals surface area contributed by atoms with Gasteiger partial charge in [-0.15, -0.1) is 0 Å². The van der Waals surface area contributed by atoms with Crippen molar-refractivity contribution in [1.29, 1.82) is 0 Å². The summed E-state index contributed by atoms with van der Waals surface area (Å²) in [6, 6.07) is 2.48. The van der Waals surface area contributed by atoms with Crippen molar-refractivity contribution in [3.8, 4) is 0 Å². The third-order valence-electron chi connectivity index (χ3n) is 3.94. The molecule has 0 aliphatic carbocycles. The zero-order chi connectivity index (χ0) is 14.2. The molecule has 1 aromatic rings. The summed E-state index contributed by atoms with van der Waals surface area (Å²) in [7, 11) is 0. The van der Waals surface area contributed by atoms with Crippen molar-refractivity contribution in [2.75, 3.05) is 13.1 Å². The SMILES string of the molecule is CC(C)(C(O)c1c(F)ccc(Br)c1F)N1CCCC1. The molecular formula is C14H18BrF2NO. The minimum Gasteiger partial charge on any atom is -0.386 e. The molecule has 106 valence electrons. The van der Waals surface area contributed by atoms with Crippen LogP contribution >= 0.6 is 15.9 Å². The zero-order valence-corrected chi connectivity index (χ0v) is 12.7. The lowest BCUT2D eigenvalue weighted by atomic mass is 9.89. The first-order valence-corrected chi connectivity index (χ1v) is 7.21. The normalized spacial score (nSPS) is 18.8. The third-order valence-corrected chi connectivity index (χ3v) is 4.56. The van der Waals surface area contributed by atoms with Crippen molar-refractivity contribution >= 4 is 15.9 Å². The van der Waals surface area contributed by atoms with Gasteiger partial charge in [-0.2, -0.15) is 0 Å². The highest BCUT2D eigenvalue weighted by atomic mass is 79.9. The number of likely N-dealkylation sites (tertiary alicyclic amines) is 1. The Morgan fingerprint density at radius 3 is 2.42 bits per heavy atom. The molecule has 1 heterocycles. The van der Waals surface area contributed by atoms with Gasteiger partial charge in [0.2, 0.25) is 0 Å². The predicted molar refractivity (Wildman–Crippen MR) is 73.9 cm³/mol. The van der Waals surface area contributed by atoms with Crippen LogP contribution in [0.5, 0.6) is 0 Å². The van der Waals surface area contributed by atoms with Gasteiger partial charge in [0, 0.05) is 5.54 Å². The minimum atomic E-state index is -1.21. The molecule has 1 aromatic carbocycles. The topological polar surface area (TPSA) is 23.5 Å². The Bertz CT molecular complexity index is 473. The van der Waals surface area contributed by atoms with Gasteiger partial charge in [-0.1, -0.05) is 0 Å². The van der Waals surface area contributed by atoms with E-state index >= 15 is 0 Å². The van der Waals surface area contributed by atoms with Crippen LogP contribution in [0, 0.1) is 11.6 Å². The summed E-state index contributed by atoms with van der Waals surface area (Å²) in [4.78, 5) is 2.08. The van der Waals surface area contributed by atoms with Crippen LogP contribution in [0.2, 0.25) is 0 Å². The number of benzene rings is 1. The van der Waals surface area contributed by atoms with E-state index < -0.39 is 23.3 Å². The van der Waals surface area contributed by atoms with E-state index in [1.807, 2.05) is 13.8 Å². The van der Waals surface area contributed by atoms with Gasteiger partial charge in [0.05, 0.1) is 10.0 Å². The molecule has 2 nitrogen and oxygen atoms in total. The first-order chi connectivity index (χ1) is 8.85. The molecule has 0 aromatic heterocycles. The molecular weight excluding hydrogens is 316 g/mol. The molecule has 1 unspecified atom stereocenters. The van der Waals surface area contributed by atoms with Crippen LogP contribution in [0.1, 0.15) is 38.4 Å². The summed E-state index contributed by atoms with van der Waals surface area (Å²) >= 11 is 3.03. The van der Waals surface area contributed by atoms with E-state index in [4.69, 9.17) is 0 Å². The highest BCUT2D eigenvalue weighted by Crippen LogP contribution is 2.37. The number of aliphatic hydroxyl groups excluding tert-OH is 1. The van der Waals surface area contributed by atoms with Crippen LogP contribution < -0.4 is 0 Å². The van der Waals surface area contributed by atoms with E-state index in [1.165, 1.54) is 12.1 Å². The number of halogens is 3. The van der Waals surface area contributed by atoms with Crippen LogP contribution in [0.15, 0.2) is 16.6 Å². The molecule has 1 fully saturated rings. The first-order valence-electron chi connectivity index (χ1n) is 6.42. The van der Waals surface area contributed by atoms with Gasteiger partial charge in [-0.25, -0.2) is 8.78 Å². The standard InChI is InChI=1S/C14H18BrF2NO/c1-14(2,18-7-3-4-8-18)13(19)11-10(16)6-5-9(15)12(11)17/h5-6,13,19H,3-4,7-8H2,1-2H3. The van der Waals surface area contributed by atoms with Gasteiger partial charge in [0.1, 0.15) is 17.7 Å². The summed E-state index contributed by atoms with van der Waals surface area (Å²) in [6.07, 6.45) is 0.905. The maximum absolute atomic E-state index is 14.1. The molecule has 0 radical (unpaired) electrons. The molecule has 1 aliphatic rings. The van der Waals surface area contributed by atoms with Crippen molar-refractivity contribution in [3.63, 3.8) is 0 Å². The average molecular weight is 334 g/mol. The number of hydrogen-bond donors (Lipinski definition) is 1. The number of aliphatic hydroxyl groups is 1. The molecule has 5 heteroatoms. The number of hydrogen-bond acceptors (Lipinski definition) is 2. The fourth-order valence-electron chi connectivity index (χ4n) is 2.61. The lowest BCUT2D eigenvalue weighted by Crippen LogP contribution is -2.47. The maximum Gasteiger partial charge on any atom is 0.146 e. The van der Waals surface area contributed by atoms with E-state index in [1.54, 1.807) is 0 Å². The van der Waals surface area contributed by atoms with Gasteiger partial charge in [-0.3, -0.25) is 4.90 Å². The number of rotatable bonds is 3. The molecule has 1 atom stereocenters. The molecule has 2 rings (SSSR count). The Hall–Kier alpha value is -0.520. The highest BCUT2D eigenvalue weighted by molar-refractivity contribution is 9.10. The molecule has 19 heavy (non-hydrogen) atoms. The van der Waals surface area contributed by atoms with Gasteiger partial charge in [0.25, 0.3) is 0 Å². The van der Waals surface area contributed by atoms with Gasteiger partial charge >= 0.3 is 0 Å². The molecule has 0 amide bonds. The van der Waals surface area contributed by atoms with E-state index in [-0.39, 0.29) is 10.0 Å². The van der Waals surface area contributed by atoms with E-state index in [2.05, 4.69) is 20.8 Å². The van der Waals surface area contributed by atoms with Crippen molar-refractivity contribution in [3.05, 3.63) is 33.8 Å². The van der Waals surface area contributed by atoms with Gasteiger partial charge in [-0.05, 0) is 67.8 Å². The maximum atomic E-state index is 14.1. The first kappa shape index (κ1) is 14.9. The summed E-state index contributed by atoms with van der Waals surface area (Å²) in [5.41, 5.74) is -0.954. The zero-order valence-electron chi connectivity index (χ0n) is 11.1. The van der Waals surface area contributed by atoms with Crippen LogP contribution in [0.3, 0.4) is 0 Å². The van der Waals surface area contributed by atoms with E-state index in [0.29, 0.717) is 0 Å². The smallest absolute Gasteiger partial charge is 0.146 e. The highest BCUT2D eigenvalue weighted by Gasteiger charge is 2.39. The van der Waals surface area contributed by atoms with Crippen LogP contribution in [-0.4, -0.2) is 28.6 Å². The largest absolute Gasteiger partial charge is 0.386 e. The molecule has 1 aliphatic heterocycles. The molecule has 1 saturated heterocycles. The van der Waals surface area contributed by atoms with E-state index in [9.17, 15) is 13.9 Å².